The van der Waals surface area contributed by atoms with Gasteiger partial charge in [-0.3, -0.25) is 14.4 Å². The normalized spacial score (nSPS) is 10.0. The molecule has 2 aromatic carbocycles. The molecule has 0 saturated heterocycles. The lowest BCUT2D eigenvalue weighted by atomic mass is 9.97. The maximum Gasteiger partial charge on any atom is 0.252 e. The number of nitrogen functional groups attached to an aromatic ring is 1. The fourth-order valence-corrected chi connectivity index (χ4v) is 2.33. The Bertz CT molecular complexity index is 859. The van der Waals surface area contributed by atoms with Crippen LogP contribution in [0.2, 0.25) is 0 Å². The van der Waals surface area contributed by atoms with Gasteiger partial charge in [-0.05, 0) is 25.1 Å². The Labute approximate surface area is 152 Å². The van der Waals surface area contributed by atoms with Crippen LogP contribution in [0.15, 0.2) is 60.7 Å². The first-order valence-electron chi connectivity index (χ1n) is 8.12. The molecule has 2 amide bonds. The van der Waals surface area contributed by atoms with Crippen LogP contribution in [0.1, 0.15) is 33.2 Å². The summed E-state index contributed by atoms with van der Waals surface area (Å²) in [6.45, 7) is 5.63. The first kappa shape index (κ1) is 18.9. The smallest absolute Gasteiger partial charge is 0.252 e. The zero-order valence-corrected chi connectivity index (χ0v) is 14.5. The summed E-state index contributed by atoms with van der Waals surface area (Å²) in [6.07, 6.45) is 0. The van der Waals surface area contributed by atoms with Crippen LogP contribution in [0.25, 0.3) is 0 Å². The standard InChI is InChI=1S/C20H21N3O3/c1-13(2)19(25)22-11-12-23-20(26)15-8-4-3-7-14(15)18(24)16-9-5-6-10-17(16)21/h3-10H,1,11-12,21H2,2H3,(H,22,25)(H,23,26). The van der Waals surface area contributed by atoms with Crippen molar-refractivity contribution in [2.24, 2.45) is 0 Å². The Balaban J connectivity index is 2.10. The van der Waals surface area contributed by atoms with Crippen LogP contribution < -0.4 is 16.4 Å². The molecule has 0 spiro atoms. The fraction of sp³-hybridized carbons (Fsp3) is 0.150. The number of rotatable bonds is 7. The number of anilines is 1. The van der Waals surface area contributed by atoms with Gasteiger partial charge in [0, 0.05) is 35.5 Å². The van der Waals surface area contributed by atoms with E-state index in [1.165, 1.54) is 0 Å². The van der Waals surface area contributed by atoms with Crippen molar-refractivity contribution in [3.05, 3.63) is 77.4 Å². The molecular formula is C20H21N3O3. The summed E-state index contributed by atoms with van der Waals surface area (Å²) < 4.78 is 0. The third-order valence-corrected chi connectivity index (χ3v) is 3.71. The molecule has 0 aromatic heterocycles. The zero-order chi connectivity index (χ0) is 19.1. The number of nitrogens with one attached hydrogen (secondary N) is 2. The second kappa shape index (κ2) is 8.62. The molecule has 0 aliphatic heterocycles. The number of para-hydroxylation sites is 1. The van der Waals surface area contributed by atoms with E-state index in [4.69, 9.17) is 5.73 Å². The lowest BCUT2D eigenvalue weighted by molar-refractivity contribution is -0.117. The lowest BCUT2D eigenvalue weighted by Crippen LogP contribution is -2.35. The predicted octanol–water partition coefficient (Wildman–Crippen LogP) is 1.92. The SMILES string of the molecule is C=C(C)C(=O)NCCNC(=O)c1ccccc1C(=O)c1ccccc1N. The molecule has 0 atom stereocenters. The van der Waals surface area contributed by atoms with Crippen LogP contribution in [0.5, 0.6) is 0 Å². The van der Waals surface area contributed by atoms with Gasteiger partial charge in [-0.15, -0.1) is 0 Å². The van der Waals surface area contributed by atoms with Crippen molar-refractivity contribution in [2.75, 3.05) is 18.8 Å². The summed E-state index contributed by atoms with van der Waals surface area (Å²) in [6, 6.07) is 13.3. The van der Waals surface area contributed by atoms with E-state index >= 15 is 0 Å². The minimum Gasteiger partial charge on any atom is -0.398 e. The van der Waals surface area contributed by atoms with Gasteiger partial charge in [0.25, 0.3) is 5.91 Å². The van der Waals surface area contributed by atoms with E-state index in [1.807, 2.05) is 0 Å². The van der Waals surface area contributed by atoms with Crippen LogP contribution >= 0.6 is 0 Å². The van der Waals surface area contributed by atoms with Gasteiger partial charge in [-0.2, -0.15) is 0 Å². The number of ketones is 1. The molecule has 6 nitrogen and oxygen atoms in total. The first-order chi connectivity index (χ1) is 12.4. The minimum atomic E-state index is -0.395. The van der Waals surface area contributed by atoms with E-state index in [-0.39, 0.29) is 35.9 Å². The van der Waals surface area contributed by atoms with Crippen molar-refractivity contribution in [2.45, 2.75) is 6.92 Å². The third-order valence-electron chi connectivity index (χ3n) is 3.71. The van der Waals surface area contributed by atoms with Crippen LogP contribution in [0, 0.1) is 0 Å². The van der Waals surface area contributed by atoms with Crippen LogP contribution in [-0.2, 0) is 4.79 Å². The van der Waals surface area contributed by atoms with Crippen molar-refractivity contribution in [1.82, 2.24) is 10.6 Å². The van der Waals surface area contributed by atoms with E-state index in [0.29, 0.717) is 16.8 Å². The summed E-state index contributed by atoms with van der Waals surface area (Å²) in [5.41, 5.74) is 7.50. The maximum absolute atomic E-state index is 12.8. The topological polar surface area (TPSA) is 101 Å². The van der Waals surface area contributed by atoms with E-state index in [2.05, 4.69) is 17.2 Å². The fourth-order valence-electron chi connectivity index (χ4n) is 2.33. The Morgan fingerprint density at radius 1 is 0.885 bits per heavy atom. The number of nitrogens with two attached hydrogens (primary N) is 1. The molecular weight excluding hydrogens is 330 g/mol. The van der Waals surface area contributed by atoms with Gasteiger partial charge in [0.05, 0.1) is 5.56 Å². The number of amides is 2. The monoisotopic (exact) mass is 351 g/mol. The highest BCUT2D eigenvalue weighted by Crippen LogP contribution is 2.19. The number of carbonyl (C=O) groups is 3. The van der Waals surface area contributed by atoms with Gasteiger partial charge >= 0.3 is 0 Å². The second-order valence-electron chi connectivity index (χ2n) is 5.75. The van der Waals surface area contributed by atoms with Crippen molar-refractivity contribution in [3.8, 4) is 0 Å². The molecule has 134 valence electrons. The summed E-state index contributed by atoms with van der Waals surface area (Å²) >= 11 is 0. The highest BCUT2D eigenvalue weighted by atomic mass is 16.2. The van der Waals surface area contributed by atoms with Crippen LogP contribution in [0.3, 0.4) is 0 Å². The molecule has 0 fully saturated rings. The maximum atomic E-state index is 12.8. The minimum absolute atomic E-state index is 0.230. The molecule has 2 rings (SSSR count). The Morgan fingerprint density at radius 3 is 2.04 bits per heavy atom. The first-order valence-corrected chi connectivity index (χ1v) is 8.12. The molecule has 2 aromatic rings. The zero-order valence-electron chi connectivity index (χ0n) is 14.5. The second-order valence-corrected chi connectivity index (χ2v) is 5.75. The predicted molar refractivity (Wildman–Crippen MR) is 101 cm³/mol. The van der Waals surface area contributed by atoms with Crippen molar-refractivity contribution < 1.29 is 14.4 Å². The van der Waals surface area contributed by atoms with Gasteiger partial charge in [0.2, 0.25) is 5.91 Å². The molecule has 0 unspecified atom stereocenters. The molecule has 0 heterocycles. The summed E-state index contributed by atoms with van der Waals surface area (Å²) in [5, 5.41) is 5.31. The van der Waals surface area contributed by atoms with E-state index < -0.39 is 5.91 Å². The van der Waals surface area contributed by atoms with Gasteiger partial charge in [-0.25, -0.2) is 0 Å². The molecule has 0 aliphatic rings. The molecule has 0 bridgehead atoms. The van der Waals surface area contributed by atoms with Gasteiger partial charge in [-0.1, -0.05) is 36.9 Å². The van der Waals surface area contributed by atoms with Crippen molar-refractivity contribution in [3.63, 3.8) is 0 Å². The van der Waals surface area contributed by atoms with Crippen LogP contribution in [0.4, 0.5) is 5.69 Å². The largest absolute Gasteiger partial charge is 0.398 e. The number of hydrogen-bond donors (Lipinski definition) is 3. The van der Waals surface area contributed by atoms with Crippen LogP contribution in [-0.4, -0.2) is 30.7 Å². The molecule has 26 heavy (non-hydrogen) atoms. The molecule has 0 radical (unpaired) electrons. The third kappa shape index (κ3) is 4.57. The highest BCUT2D eigenvalue weighted by molar-refractivity contribution is 6.17. The highest BCUT2D eigenvalue weighted by Gasteiger charge is 2.19. The van der Waals surface area contributed by atoms with E-state index in [0.717, 1.165) is 0 Å². The molecule has 0 aliphatic carbocycles. The Morgan fingerprint density at radius 2 is 1.42 bits per heavy atom. The number of carbonyl (C=O) groups excluding carboxylic acids is 3. The molecule has 0 saturated carbocycles. The van der Waals surface area contributed by atoms with E-state index in [9.17, 15) is 14.4 Å². The van der Waals surface area contributed by atoms with E-state index in [1.54, 1.807) is 55.5 Å². The van der Waals surface area contributed by atoms with Gasteiger partial charge in [0.1, 0.15) is 0 Å². The Kier molecular flexibility index (Phi) is 6.27. The number of hydrogen-bond acceptors (Lipinski definition) is 4. The number of benzene rings is 2. The Hall–Kier alpha value is -3.41. The van der Waals surface area contributed by atoms with Crippen molar-refractivity contribution >= 4 is 23.3 Å². The molecule has 4 N–H and O–H groups in total. The van der Waals surface area contributed by atoms with Gasteiger partial charge < -0.3 is 16.4 Å². The average molecular weight is 351 g/mol. The van der Waals surface area contributed by atoms with Gasteiger partial charge in [0.15, 0.2) is 5.78 Å². The summed E-state index contributed by atoms with van der Waals surface area (Å²) in [5.74, 6) is -0.980. The quantitative estimate of drug-likeness (QED) is 0.307. The summed E-state index contributed by atoms with van der Waals surface area (Å²) in [4.78, 5) is 36.6. The summed E-state index contributed by atoms with van der Waals surface area (Å²) in [7, 11) is 0. The van der Waals surface area contributed by atoms with Crippen molar-refractivity contribution in [1.29, 1.82) is 0 Å². The lowest BCUT2D eigenvalue weighted by Gasteiger charge is -2.11. The molecule has 6 heteroatoms. The average Bonchev–Trinajstić information content (AvgIpc) is 2.64.